The van der Waals surface area contributed by atoms with Gasteiger partial charge in [-0.2, -0.15) is 0 Å². The fourth-order valence-electron chi connectivity index (χ4n) is 1.93. The number of rotatable bonds is 4. The lowest BCUT2D eigenvalue weighted by Gasteiger charge is -2.14. The molecule has 102 valence electrons. The van der Waals surface area contributed by atoms with Gasteiger partial charge in [0, 0.05) is 11.1 Å². The van der Waals surface area contributed by atoms with Crippen LogP contribution in [0.1, 0.15) is 41.0 Å². The number of pyridine rings is 1. The molecule has 4 nitrogen and oxygen atoms in total. The Labute approximate surface area is 117 Å². The van der Waals surface area contributed by atoms with Crippen LogP contribution in [-0.4, -0.2) is 16.1 Å². The van der Waals surface area contributed by atoms with Crippen LogP contribution >= 0.6 is 11.3 Å². The van der Waals surface area contributed by atoms with Crippen molar-refractivity contribution in [1.82, 2.24) is 9.97 Å². The number of hydrogen-bond acceptors (Lipinski definition) is 5. The van der Waals surface area contributed by atoms with Gasteiger partial charge in [-0.1, -0.05) is 0 Å². The summed E-state index contributed by atoms with van der Waals surface area (Å²) in [5.41, 5.74) is 8.24. The molecule has 19 heavy (non-hydrogen) atoms. The standard InChI is InChI=1S/C14H19N3OS/c1-8(2)18-12-5-11(6-16-7-12)13(15)14-9(3)17-10(4)19-14/h5-8,13H,15H2,1-4H3. The number of nitrogens with two attached hydrogens (primary N) is 1. The van der Waals surface area contributed by atoms with Crippen molar-refractivity contribution in [2.75, 3.05) is 0 Å². The average molecular weight is 277 g/mol. The first kappa shape index (κ1) is 14.0. The Morgan fingerprint density at radius 2 is 2.00 bits per heavy atom. The van der Waals surface area contributed by atoms with Crippen LogP contribution < -0.4 is 10.5 Å². The van der Waals surface area contributed by atoms with Crippen molar-refractivity contribution in [3.8, 4) is 5.75 Å². The van der Waals surface area contributed by atoms with E-state index in [1.54, 1.807) is 23.7 Å². The van der Waals surface area contributed by atoms with Gasteiger partial charge in [0.25, 0.3) is 0 Å². The molecule has 0 spiro atoms. The Balaban J connectivity index is 2.28. The molecule has 1 unspecified atom stereocenters. The van der Waals surface area contributed by atoms with Gasteiger partial charge in [-0.05, 0) is 39.3 Å². The molecule has 5 heteroatoms. The summed E-state index contributed by atoms with van der Waals surface area (Å²) in [7, 11) is 0. The van der Waals surface area contributed by atoms with Crippen LogP contribution in [0.4, 0.5) is 0 Å². The first-order valence-corrected chi connectivity index (χ1v) is 7.10. The summed E-state index contributed by atoms with van der Waals surface area (Å²) in [5, 5.41) is 1.03. The Bertz CT molecular complexity index is 566. The highest BCUT2D eigenvalue weighted by molar-refractivity contribution is 7.11. The van der Waals surface area contributed by atoms with E-state index in [2.05, 4.69) is 9.97 Å². The van der Waals surface area contributed by atoms with E-state index >= 15 is 0 Å². The Hall–Kier alpha value is -1.46. The summed E-state index contributed by atoms with van der Waals surface area (Å²) in [4.78, 5) is 9.70. The molecular weight excluding hydrogens is 258 g/mol. The van der Waals surface area contributed by atoms with Crippen molar-refractivity contribution in [2.45, 2.75) is 39.8 Å². The van der Waals surface area contributed by atoms with Crippen molar-refractivity contribution in [3.63, 3.8) is 0 Å². The molecule has 0 saturated heterocycles. The molecule has 2 heterocycles. The van der Waals surface area contributed by atoms with Gasteiger partial charge in [-0.15, -0.1) is 11.3 Å². The van der Waals surface area contributed by atoms with E-state index in [0.717, 1.165) is 26.9 Å². The summed E-state index contributed by atoms with van der Waals surface area (Å²) in [6, 6.07) is 1.75. The second-order valence-electron chi connectivity index (χ2n) is 4.78. The lowest BCUT2D eigenvalue weighted by atomic mass is 10.1. The van der Waals surface area contributed by atoms with E-state index in [-0.39, 0.29) is 12.1 Å². The fourth-order valence-corrected chi connectivity index (χ4v) is 2.89. The first-order chi connectivity index (χ1) is 8.97. The molecule has 0 aliphatic heterocycles. The number of hydrogen-bond donors (Lipinski definition) is 1. The van der Waals surface area contributed by atoms with Gasteiger partial charge in [-0.25, -0.2) is 4.98 Å². The van der Waals surface area contributed by atoms with Crippen LogP contribution in [0, 0.1) is 13.8 Å². The maximum Gasteiger partial charge on any atom is 0.138 e. The smallest absolute Gasteiger partial charge is 0.138 e. The van der Waals surface area contributed by atoms with Crippen LogP contribution in [0.25, 0.3) is 0 Å². The molecule has 1 atom stereocenters. The number of ether oxygens (including phenoxy) is 1. The third kappa shape index (κ3) is 3.30. The van der Waals surface area contributed by atoms with Gasteiger partial charge >= 0.3 is 0 Å². The van der Waals surface area contributed by atoms with Crippen molar-refractivity contribution in [3.05, 3.63) is 39.6 Å². The van der Waals surface area contributed by atoms with E-state index in [0.29, 0.717) is 0 Å². The second kappa shape index (κ2) is 5.67. The highest BCUT2D eigenvalue weighted by Crippen LogP contribution is 2.29. The first-order valence-electron chi connectivity index (χ1n) is 6.28. The average Bonchev–Trinajstić information content (AvgIpc) is 2.67. The molecule has 2 aromatic heterocycles. The zero-order valence-corrected chi connectivity index (χ0v) is 12.5. The molecule has 0 aromatic carbocycles. The molecule has 2 rings (SSSR count). The maximum atomic E-state index is 6.31. The third-order valence-corrected chi connectivity index (χ3v) is 3.84. The summed E-state index contributed by atoms with van der Waals surface area (Å²) < 4.78 is 5.65. The molecule has 0 bridgehead atoms. The summed E-state index contributed by atoms with van der Waals surface area (Å²) >= 11 is 1.63. The topological polar surface area (TPSA) is 61.0 Å². The zero-order chi connectivity index (χ0) is 14.0. The Kier molecular flexibility index (Phi) is 4.17. The van der Waals surface area contributed by atoms with Crippen LogP contribution in [0.3, 0.4) is 0 Å². The van der Waals surface area contributed by atoms with E-state index in [4.69, 9.17) is 10.5 Å². The molecular formula is C14H19N3OS. The highest BCUT2D eigenvalue weighted by Gasteiger charge is 2.16. The monoisotopic (exact) mass is 277 g/mol. The third-order valence-electron chi connectivity index (χ3n) is 2.69. The predicted octanol–water partition coefficient (Wildman–Crippen LogP) is 2.99. The Morgan fingerprint density at radius 3 is 2.58 bits per heavy atom. The summed E-state index contributed by atoms with van der Waals surface area (Å²) in [6.45, 7) is 7.96. The lowest BCUT2D eigenvalue weighted by Crippen LogP contribution is -2.13. The Morgan fingerprint density at radius 1 is 1.26 bits per heavy atom. The SMILES string of the molecule is Cc1nc(C)c(C(N)c2cncc(OC(C)C)c2)s1. The van der Waals surface area contributed by atoms with E-state index in [9.17, 15) is 0 Å². The van der Waals surface area contributed by atoms with Gasteiger partial charge in [0.05, 0.1) is 29.0 Å². The fraction of sp³-hybridized carbons (Fsp3) is 0.429. The minimum Gasteiger partial charge on any atom is -0.489 e. The van der Waals surface area contributed by atoms with Crippen molar-refractivity contribution >= 4 is 11.3 Å². The number of nitrogens with zero attached hydrogens (tertiary/aromatic N) is 2. The molecule has 0 amide bonds. The normalized spacial score (nSPS) is 12.7. The van der Waals surface area contributed by atoms with E-state index in [1.165, 1.54) is 0 Å². The summed E-state index contributed by atoms with van der Waals surface area (Å²) in [5.74, 6) is 0.752. The second-order valence-corrected chi connectivity index (χ2v) is 6.02. The highest BCUT2D eigenvalue weighted by atomic mass is 32.1. The molecule has 0 fully saturated rings. The maximum absolute atomic E-state index is 6.31. The minimum atomic E-state index is -0.200. The van der Waals surface area contributed by atoms with Crippen LogP contribution in [-0.2, 0) is 0 Å². The molecule has 0 aliphatic rings. The largest absolute Gasteiger partial charge is 0.489 e. The predicted molar refractivity (Wildman–Crippen MR) is 77.6 cm³/mol. The lowest BCUT2D eigenvalue weighted by molar-refractivity contribution is 0.241. The van der Waals surface area contributed by atoms with Gasteiger partial charge in [0.2, 0.25) is 0 Å². The molecule has 0 radical (unpaired) electrons. The molecule has 2 aromatic rings. The van der Waals surface area contributed by atoms with Crippen molar-refractivity contribution in [2.24, 2.45) is 5.73 Å². The zero-order valence-electron chi connectivity index (χ0n) is 11.7. The minimum absolute atomic E-state index is 0.126. The van der Waals surface area contributed by atoms with Gasteiger partial charge in [0.1, 0.15) is 5.75 Å². The quantitative estimate of drug-likeness (QED) is 0.933. The molecule has 0 saturated carbocycles. The van der Waals surface area contributed by atoms with E-state index < -0.39 is 0 Å². The van der Waals surface area contributed by atoms with E-state index in [1.807, 2.05) is 33.8 Å². The van der Waals surface area contributed by atoms with Gasteiger partial charge in [-0.3, -0.25) is 4.98 Å². The van der Waals surface area contributed by atoms with Gasteiger partial charge in [0.15, 0.2) is 0 Å². The van der Waals surface area contributed by atoms with Crippen LogP contribution in [0.2, 0.25) is 0 Å². The van der Waals surface area contributed by atoms with Crippen LogP contribution in [0.5, 0.6) is 5.75 Å². The van der Waals surface area contributed by atoms with Gasteiger partial charge < -0.3 is 10.5 Å². The van der Waals surface area contributed by atoms with Crippen molar-refractivity contribution < 1.29 is 4.74 Å². The van der Waals surface area contributed by atoms with Crippen molar-refractivity contribution in [1.29, 1.82) is 0 Å². The summed E-state index contributed by atoms with van der Waals surface area (Å²) in [6.07, 6.45) is 3.62. The number of aryl methyl sites for hydroxylation is 2. The number of aromatic nitrogens is 2. The van der Waals surface area contributed by atoms with Crippen LogP contribution in [0.15, 0.2) is 18.5 Å². The number of thiazole rings is 1. The molecule has 2 N–H and O–H groups in total. The molecule has 0 aliphatic carbocycles.